The van der Waals surface area contributed by atoms with Gasteiger partial charge in [0, 0.05) is 18.0 Å². The van der Waals surface area contributed by atoms with Gasteiger partial charge in [0.25, 0.3) is 0 Å². The molecular weight excluding hydrogens is 283 g/mol. The second-order valence-corrected chi connectivity index (χ2v) is 5.24. The summed E-state index contributed by atoms with van der Waals surface area (Å²) in [5.74, 6) is 0.688. The van der Waals surface area contributed by atoms with E-state index in [9.17, 15) is 4.79 Å². The van der Waals surface area contributed by atoms with Gasteiger partial charge in [-0.05, 0) is 49.5 Å². The Morgan fingerprint density at radius 3 is 2.53 bits per heavy atom. The predicted molar refractivity (Wildman–Crippen MR) is 80.8 cm³/mol. The van der Waals surface area contributed by atoms with Gasteiger partial charge in [0.1, 0.15) is 0 Å². The van der Waals surface area contributed by atoms with Gasteiger partial charge in [-0.2, -0.15) is 0 Å². The Morgan fingerprint density at radius 2 is 1.89 bits per heavy atom. The van der Waals surface area contributed by atoms with Crippen LogP contribution < -0.4 is 10.6 Å². The molecule has 1 aliphatic rings. The molecule has 0 radical (unpaired) electrons. The fourth-order valence-corrected chi connectivity index (χ4v) is 2.35. The van der Waals surface area contributed by atoms with Crippen LogP contribution in [-0.2, 0) is 11.3 Å². The van der Waals surface area contributed by atoms with Crippen LogP contribution in [0, 0.1) is 5.92 Å². The molecule has 2 N–H and O–H groups in total. The van der Waals surface area contributed by atoms with Gasteiger partial charge in [0.2, 0.25) is 5.91 Å². The summed E-state index contributed by atoms with van der Waals surface area (Å²) in [5, 5.41) is 6.99. The van der Waals surface area contributed by atoms with Crippen molar-refractivity contribution in [2.24, 2.45) is 5.92 Å². The SMILES string of the molecule is Cl.O=C(CC1CCNCC1)NCc1ccc(Cl)cc1. The van der Waals surface area contributed by atoms with Crippen LogP contribution in [-0.4, -0.2) is 19.0 Å². The average molecular weight is 303 g/mol. The number of halogens is 2. The molecule has 1 amide bonds. The molecule has 1 fully saturated rings. The Kier molecular flexibility index (Phi) is 7.21. The highest BCUT2D eigenvalue weighted by atomic mass is 35.5. The maximum Gasteiger partial charge on any atom is 0.220 e. The second kappa shape index (κ2) is 8.41. The van der Waals surface area contributed by atoms with Crippen molar-refractivity contribution in [3.05, 3.63) is 34.9 Å². The van der Waals surface area contributed by atoms with E-state index < -0.39 is 0 Å². The number of nitrogens with one attached hydrogen (secondary N) is 2. The van der Waals surface area contributed by atoms with Crippen LogP contribution in [0.25, 0.3) is 0 Å². The molecule has 3 nitrogen and oxygen atoms in total. The van der Waals surface area contributed by atoms with Gasteiger partial charge in [0.15, 0.2) is 0 Å². The van der Waals surface area contributed by atoms with E-state index in [4.69, 9.17) is 11.6 Å². The molecule has 0 spiro atoms. The summed E-state index contributed by atoms with van der Waals surface area (Å²) in [4.78, 5) is 11.8. The molecule has 0 aliphatic carbocycles. The summed E-state index contributed by atoms with van der Waals surface area (Å²) in [6.07, 6.45) is 2.86. The van der Waals surface area contributed by atoms with Crippen LogP contribution in [0.4, 0.5) is 0 Å². The van der Waals surface area contributed by atoms with Crippen LogP contribution in [0.5, 0.6) is 0 Å². The second-order valence-electron chi connectivity index (χ2n) is 4.80. The zero-order valence-corrected chi connectivity index (χ0v) is 12.4. The van der Waals surface area contributed by atoms with E-state index in [1.807, 2.05) is 24.3 Å². The summed E-state index contributed by atoms with van der Waals surface area (Å²) in [6.45, 7) is 2.66. The largest absolute Gasteiger partial charge is 0.352 e. The van der Waals surface area contributed by atoms with Gasteiger partial charge in [-0.3, -0.25) is 4.79 Å². The molecule has 1 aliphatic heterocycles. The summed E-state index contributed by atoms with van der Waals surface area (Å²) < 4.78 is 0. The topological polar surface area (TPSA) is 41.1 Å². The molecule has 0 saturated carbocycles. The maximum absolute atomic E-state index is 11.8. The fourth-order valence-electron chi connectivity index (χ4n) is 2.22. The molecule has 0 atom stereocenters. The Bertz CT molecular complexity index is 389. The summed E-state index contributed by atoms with van der Waals surface area (Å²) in [5.41, 5.74) is 1.08. The highest BCUT2D eigenvalue weighted by Crippen LogP contribution is 2.15. The van der Waals surface area contributed by atoms with Gasteiger partial charge in [-0.15, -0.1) is 12.4 Å². The number of hydrogen-bond donors (Lipinski definition) is 2. The minimum Gasteiger partial charge on any atom is -0.352 e. The smallest absolute Gasteiger partial charge is 0.220 e. The van der Waals surface area contributed by atoms with E-state index >= 15 is 0 Å². The van der Waals surface area contributed by atoms with Crippen molar-refractivity contribution in [1.29, 1.82) is 0 Å². The molecule has 106 valence electrons. The number of hydrogen-bond acceptors (Lipinski definition) is 2. The van der Waals surface area contributed by atoms with Crippen molar-refractivity contribution in [2.75, 3.05) is 13.1 Å². The highest BCUT2D eigenvalue weighted by Gasteiger charge is 2.16. The van der Waals surface area contributed by atoms with Crippen molar-refractivity contribution in [1.82, 2.24) is 10.6 Å². The molecule has 1 heterocycles. The van der Waals surface area contributed by atoms with Gasteiger partial charge < -0.3 is 10.6 Å². The number of carbonyl (C=O) groups is 1. The molecule has 1 aromatic carbocycles. The molecule has 1 aromatic rings. The number of rotatable bonds is 4. The molecule has 1 saturated heterocycles. The third-order valence-electron chi connectivity index (χ3n) is 3.34. The average Bonchev–Trinajstić information content (AvgIpc) is 2.39. The minimum atomic E-state index is 0. The first-order chi connectivity index (χ1) is 8.74. The first-order valence-corrected chi connectivity index (χ1v) is 6.83. The Labute approximate surface area is 125 Å². The van der Waals surface area contributed by atoms with Crippen LogP contribution >= 0.6 is 24.0 Å². The molecule has 5 heteroatoms. The van der Waals surface area contributed by atoms with Crippen molar-refractivity contribution >= 4 is 29.9 Å². The monoisotopic (exact) mass is 302 g/mol. The normalized spacial score (nSPS) is 15.6. The highest BCUT2D eigenvalue weighted by molar-refractivity contribution is 6.30. The number of benzene rings is 1. The van der Waals surface area contributed by atoms with E-state index in [1.54, 1.807) is 0 Å². The lowest BCUT2D eigenvalue weighted by Crippen LogP contribution is -2.32. The van der Waals surface area contributed by atoms with Gasteiger partial charge in [-0.25, -0.2) is 0 Å². The molecule has 19 heavy (non-hydrogen) atoms. The van der Waals surface area contributed by atoms with Crippen LogP contribution in [0.3, 0.4) is 0 Å². The van der Waals surface area contributed by atoms with Crippen molar-refractivity contribution in [3.8, 4) is 0 Å². The van der Waals surface area contributed by atoms with Crippen molar-refractivity contribution in [2.45, 2.75) is 25.8 Å². The first kappa shape index (κ1) is 16.3. The van der Waals surface area contributed by atoms with E-state index in [0.29, 0.717) is 18.9 Å². The Balaban J connectivity index is 0.00000180. The predicted octanol–water partition coefficient (Wildman–Crippen LogP) is 2.77. The zero-order chi connectivity index (χ0) is 12.8. The first-order valence-electron chi connectivity index (χ1n) is 6.46. The van der Waals surface area contributed by atoms with E-state index in [2.05, 4.69) is 10.6 Å². The minimum absolute atomic E-state index is 0. The van der Waals surface area contributed by atoms with Crippen molar-refractivity contribution in [3.63, 3.8) is 0 Å². The molecule has 0 unspecified atom stereocenters. The number of amides is 1. The number of piperidine rings is 1. The standard InChI is InChI=1S/C14H19ClN2O.ClH/c15-13-3-1-12(2-4-13)10-17-14(18)9-11-5-7-16-8-6-11;/h1-4,11,16H,5-10H2,(H,17,18);1H. The lowest BCUT2D eigenvalue weighted by atomic mass is 9.94. The van der Waals surface area contributed by atoms with E-state index in [0.717, 1.165) is 36.5 Å². The maximum atomic E-state index is 11.8. The Morgan fingerprint density at radius 1 is 1.26 bits per heavy atom. The molecule has 2 rings (SSSR count). The quantitative estimate of drug-likeness (QED) is 0.898. The fraction of sp³-hybridized carbons (Fsp3) is 0.500. The summed E-state index contributed by atoms with van der Waals surface area (Å²) >= 11 is 5.81. The van der Waals surface area contributed by atoms with Crippen LogP contribution in [0.1, 0.15) is 24.8 Å². The molecule has 0 aromatic heterocycles. The van der Waals surface area contributed by atoms with Crippen LogP contribution in [0.15, 0.2) is 24.3 Å². The third kappa shape index (κ3) is 5.81. The number of carbonyl (C=O) groups excluding carboxylic acids is 1. The lowest BCUT2D eigenvalue weighted by Gasteiger charge is -2.21. The van der Waals surface area contributed by atoms with E-state index in [1.165, 1.54) is 0 Å². The van der Waals surface area contributed by atoms with Gasteiger partial charge in [-0.1, -0.05) is 23.7 Å². The summed E-state index contributed by atoms with van der Waals surface area (Å²) in [6, 6.07) is 7.56. The Hall–Kier alpha value is -0.770. The van der Waals surface area contributed by atoms with Gasteiger partial charge >= 0.3 is 0 Å². The zero-order valence-electron chi connectivity index (χ0n) is 10.8. The summed E-state index contributed by atoms with van der Waals surface area (Å²) in [7, 11) is 0. The molecule has 0 bridgehead atoms. The lowest BCUT2D eigenvalue weighted by molar-refractivity contribution is -0.122. The third-order valence-corrected chi connectivity index (χ3v) is 3.59. The van der Waals surface area contributed by atoms with Crippen LogP contribution in [0.2, 0.25) is 5.02 Å². The molecular formula is C14H20Cl2N2O. The van der Waals surface area contributed by atoms with E-state index in [-0.39, 0.29) is 18.3 Å². The van der Waals surface area contributed by atoms with Gasteiger partial charge in [0.05, 0.1) is 0 Å². The van der Waals surface area contributed by atoms with Crippen molar-refractivity contribution < 1.29 is 4.79 Å².